The highest BCUT2D eigenvalue weighted by Gasteiger charge is 2.40. The first-order valence-electron chi connectivity index (χ1n) is 6.72. The predicted molar refractivity (Wildman–Crippen MR) is 70.3 cm³/mol. The number of hydrogen-bond donors (Lipinski definition) is 2. The molecule has 1 saturated carbocycles. The molecule has 0 aromatic rings. The molecule has 106 valence electrons. The van der Waals surface area contributed by atoms with E-state index in [1.54, 1.807) is 7.05 Å². The lowest BCUT2D eigenvalue weighted by Gasteiger charge is -2.38. The smallest absolute Gasteiger partial charge is 0.237 e. The van der Waals surface area contributed by atoms with Gasteiger partial charge in [-0.05, 0) is 40.2 Å². The first kappa shape index (κ1) is 15.4. The second kappa shape index (κ2) is 7.07. The Bertz CT molecular complexity index is 271. The summed E-state index contributed by atoms with van der Waals surface area (Å²) >= 11 is 0. The van der Waals surface area contributed by atoms with Gasteiger partial charge >= 0.3 is 0 Å². The van der Waals surface area contributed by atoms with Gasteiger partial charge in [0.15, 0.2) is 0 Å². The highest BCUT2D eigenvalue weighted by atomic mass is 16.5. The van der Waals surface area contributed by atoms with E-state index in [2.05, 4.69) is 5.32 Å². The van der Waals surface area contributed by atoms with Crippen molar-refractivity contribution in [2.24, 2.45) is 5.73 Å². The summed E-state index contributed by atoms with van der Waals surface area (Å²) in [6.07, 6.45) is 3.70. The van der Waals surface area contributed by atoms with Crippen LogP contribution in [0.2, 0.25) is 0 Å². The van der Waals surface area contributed by atoms with E-state index in [0.717, 1.165) is 19.3 Å². The quantitative estimate of drug-likeness (QED) is 0.663. The molecule has 0 aromatic heterocycles. The third kappa shape index (κ3) is 4.23. The van der Waals surface area contributed by atoms with E-state index >= 15 is 0 Å². The number of carbonyl (C=O) groups excluding carboxylic acids is 1. The number of hydrogen-bond acceptors (Lipinski definition) is 4. The Labute approximate surface area is 109 Å². The number of ether oxygens (including phenoxy) is 2. The topological polar surface area (TPSA) is 73.6 Å². The van der Waals surface area contributed by atoms with Crippen molar-refractivity contribution in [1.29, 1.82) is 0 Å². The molecule has 1 aliphatic rings. The molecule has 0 heterocycles. The van der Waals surface area contributed by atoms with Gasteiger partial charge in [0.25, 0.3) is 0 Å². The van der Waals surface area contributed by atoms with Crippen molar-refractivity contribution in [3.8, 4) is 0 Å². The summed E-state index contributed by atoms with van der Waals surface area (Å²) in [4.78, 5) is 11.6. The van der Waals surface area contributed by atoms with E-state index in [1.165, 1.54) is 0 Å². The van der Waals surface area contributed by atoms with Crippen LogP contribution in [0.1, 0.15) is 39.5 Å². The summed E-state index contributed by atoms with van der Waals surface area (Å²) in [5.74, 6) is -0.281. The van der Waals surface area contributed by atoms with Crippen molar-refractivity contribution in [3.05, 3.63) is 0 Å². The van der Waals surface area contributed by atoms with Crippen LogP contribution in [-0.4, -0.2) is 43.9 Å². The minimum absolute atomic E-state index is 0.0921. The Kier molecular flexibility index (Phi) is 6.05. The summed E-state index contributed by atoms with van der Waals surface area (Å²) in [5.41, 5.74) is 4.89. The van der Waals surface area contributed by atoms with Gasteiger partial charge in [0.05, 0.1) is 31.0 Å². The molecule has 0 spiro atoms. The lowest BCUT2D eigenvalue weighted by molar-refractivity contribution is -0.128. The third-order valence-corrected chi connectivity index (χ3v) is 3.54. The predicted octanol–water partition coefficient (Wildman–Crippen LogP) is 0.814. The maximum atomic E-state index is 11.6. The van der Waals surface area contributed by atoms with Crippen molar-refractivity contribution in [1.82, 2.24) is 5.32 Å². The zero-order chi connectivity index (χ0) is 13.6. The van der Waals surface area contributed by atoms with Crippen molar-refractivity contribution >= 4 is 5.91 Å². The number of nitrogens with two attached hydrogens (primary N) is 1. The number of amides is 1. The molecule has 1 aliphatic carbocycles. The molecule has 2 unspecified atom stereocenters. The van der Waals surface area contributed by atoms with Gasteiger partial charge in [-0.15, -0.1) is 0 Å². The van der Waals surface area contributed by atoms with Crippen LogP contribution in [0, 0.1) is 0 Å². The lowest BCUT2D eigenvalue weighted by Crippen LogP contribution is -2.57. The number of likely N-dealkylation sites (N-methyl/N-ethyl adjacent to an activating group) is 1. The van der Waals surface area contributed by atoms with Gasteiger partial charge in [-0.25, -0.2) is 0 Å². The van der Waals surface area contributed by atoms with Gasteiger partial charge in [0.1, 0.15) is 0 Å². The Morgan fingerprint density at radius 2 is 2.22 bits per heavy atom. The average Bonchev–Trinajstić information content (AvgIpc) is 2.34. The molecule has 5 heteroatoms. The van der Waals surface area contributed by atoms with Crippen molar-refractivity contribution in [2.75, 3.05) is 20.3 Å². The van der Waals surface area contributed by atoms with Gasteiger partial charge in [-0.2, -0.15) is 0 Å². The molecule has 18 heavy (non-hydrogen) atoms. The van der Waals surface area contributed by atoms with Crippen molar-refractivity contribution in [2.45, 2.75) is 57.3 Å². The Morgan fingerprint density at radius 3 is 2.78 bits per heavy atom. The van der Waals surface area contributed by atoms with Crippen LogP contribution in [0.5, 0.6) is 0 Å². The molecular formula is C13H26N2O3. The molecule has 0 saturated heterocycles. The molecule has 5 nitrogen and oxygen atoms in total. The van der Waals surface area contributed by atoms with E-state index in [1.807, 2.05) is 13.8 Å². The molecule has 1 amide bonds. The van der Waals surface area contributed by atoms with E-state index < -0.39 is 5.54 Å². The van der Waals surface area contributed by atoms with Gasteiger partial charge < -0.3 is 20.5 Å². The highest BCUT2D eigenvalue weighted by Crippen LogP contribution is 2.29. The molecular weight excluding hydrogens is 232 g/mol. The fourth-order valence-corrected chi connectivity index (χ4v) is 2.44. The second-order valence-corrected chi connectivity index (χ2v) is 5.21. The van der Waals surface area contributed by atoms with E-state index in [0.29, 0.717) is 19.6 Å². The number of rotatable bonds is 7. The second-order valence-electron chi connectivity index (χ2n) is 5.21. The zero-order valence-corrected chi connectivity index (χ0v) is 11.7. The summed E-state index contributed by atoms with van der Waals surface area (Å²) in [5, 5.41) is 3.07. The Balaban J connectivity index is 2.37. The molecule has 1 fully saturated rings. The minimum atomic E-state index is -0.595. The first-order valence-corrected chi connectivity index (χ1v) is 6.72. The maximum Gasteiger partial charge on any atom is 0.237 e. The SMILES string of the molecule is CNC1(C(N)=O)CCCC(OCCOC(C)C)C1. The third-order valence-electron chi connectivity index (χ3n) is 3.54. The molecule has 2 atom stereocenters. The summed E-state index contributed by atoms with van der Waals surface area (Å²) < 4.78 is 11.2. The zero-order valence-electron chi connectivity index (χ0n) is 11.7. The molecule has 1 rings (SSSR count). The fourth-order valence-electron chi connectivity index (χ4n) is 2.44. The lowest BCUT2D eigenvalue weighted by atomic mass is 9.79. The van der Waals surface area contributed by atoms with Gasteiger partial charge in [0.2, 0.25) is 5.91 Å². The monoisotopic (exact) mass is 258 g/mol. The average molecular weight is 258 g/mol. The summed E-state index contributed by atoms with van der Waals surface area (Å²) in [6, 6.07) is 0. The van der Waals surface area contributed by atoms with Crippen LogP contribution in [0.3, 0.4) is 0 Å². The first-order chi connectivity index (χ1) is 8.50. The largest absolute Gasteiger partial charge is 0.376 e. The molecule has 0 radical (unpaired) electrons. The van der Waals surface area contributed by atoms with Crippen LogP contribution < -0.4 is 11.1 Å². The molecule has 3 N–H and O–H groups in total. The minimum Gasteiger partial charge on any atom is -0.376 e. The maximum absolute atomic E-state index is 11.6. The van der Waals surface area contributed by atoms with Crippen molar-refractivity contribution < 1.29 is 14.3 Å². The normalized spacial score (nSPS) is 28.6. The molecule has 0 aliphatic heterocycles. The number of nitrogens with one attached hydrogen (secondary N) is 1. The fraction of sp³-hybridized carbons (Fsp3) is 0.923. The van der Waals surface area contributed by atoms with E-state index in [9.17, 15) is 4.79 Å². The van der Waals surface area contributed by atoms with Crippen LogP contribution in [0.15, 0.2) is 0 Å². The standard InChI is InChI=1S/C13H26N2O3/c1-10(2)17-7-8-18-11-5-4-6-13(9-11,15-3)12(14)16/h10-11,15H,4-9H2,1-3H3,(H2,14,16). The van der Waals surface area contributed by atoms with Crippen LogP contribution in [0.25, 0.3) is 0 Å². The summed E-state index contributed by atoms with van der Waals surface area (Å²) in [7, 11) is 1.79. The Hall–Kier alpha value is -0.650. The summed E-state index contributed by atoms with van der Waals surface area (Å²) in [6.45, 7) is 5.16. The van der Waals surface area contributed by atoms with Gasteiger partial charge in [-0.3, -0.25) is 4.79 Å². The molecule has 0 bridgehead atoms. The van der Waals surface area contributed by atoms with Crippen molar-refractivity contribution in [3.63, 3.8) is 0 Å². The number of carbonyl (C=O) groups is 1. The van der Waals surface area contributed by atoms with E-state index in [4.69, 9.17) is 15.2 Å². The van der Waals surface area contributed by atoms with E-state index in [-0.39, 0.29) is 18.1 Å². The van der Waals surface area contributed by atoms with Crippen LogP contribution >= 0.6 is 0 Å². The van der Waals surface area contributed by atoms with Crippen LogP contribution in [0.4, 0.5) is 0 Å². The molecule has 0 aromatic carbocycles. The van der Waals surface area contributed by atoms with Gasteiger partial charge in [0, 0.05) is 6.42 Å². The number of primary amides is 1. The van der Waals surface area contributed by atoms with Gasteiger partial charge in [-0.1, -0.05) is 0 Å². The Morgan fingerprint density at radius 1 is 1.50 bits per heavy atom. The highest BCUT2D eigenvalue weighted by molar-refractivity contribution is 5.84. The van der Waals surface area contributed by atoms with Crippen LogP contribution in [-0.2, 0) is 14.3 Å².